The van der Waals surface area contributed by atoms with Crippen molar-refractivity contribution in [2.45, 2.75) is 13.3 Å². The molecule has 0 unspecified atom stereocenters. The van der Waals surface area contributed by atoms with Crippen molar-refractivity contribution in [1.82, 2.24) is 10.3 Å². The number of aromatic nitrogens is 1. The van der Waals surface area contributed by atoms with Crippen molar-refractivity contribution in [2.24, 2.45) is 0 Å². The van der Waals surface area contributed by atoms with Gasteiger partial charge in [0.15, 0.2) is 0 Å². The van der Waals surface area contributed by atoms with Crippen LogP contribution in [-0.4, -0.2) is 17.4 Å². The molecule has 0 atom stereocenters. The quantitative estimate of drug-likeness (QED) is 0.925. The standard InChI is InChI=1S/C13H12BrFN2OS/c1-8-7-19-12(17-8)4-5-16-13(18)9-2-3-11(15)10(14)6-9/h2-3,6-7H,4-5H2,1H3,(H,16,18). The van der Waals surface area contributed by atoms with E-state index in [0.717, 1.165) is 10.7 Å². The molecular weight excluding hydrogens is 331 g/mol. The Bertz CT molecular complexity index is 600. The number of hydrogen-bond acceptors (Lipinski definition) is 3. The highest BCUT2D eigenvalue weighted by molar-refractivity contribution is 9.10. The number of halogens is 2. The molecule has 6 heteroatoms. The zero-order valence-electron chi connectivity index (χ0n) is 10.2. The molecule has 0 aliphatic heterocycles. The van der Waals surface area contributed by atoms with Crippen molar-refractivity contribution in [1.29, 1.82) is 0 Å². The number of hydrogen-bond donors (Lipinski definition) is 1. The Kier molecular flexibility index (Phi) is 4.66. The first-order valence-corrected chi connectivity index (χ1v) is 7.38. The minimum Gasteiger partial charge on any atom is -0.352 e. The summed E-state index contributed by atoms with van der Waals surface area (Å²) in [5, 5.41) is 5.77. The van der Waals surface area contributed by atoms with Gasteiger partial charge in [-0.25, -0.2) is 9.37 Å². The second-order valence-corrected chi connectivity index (χ2v) is 5.81. The molecule has 0 bridgehead atoms. The van der Waals surface area contributed by atoms with Crippen molar-refractivity contribution in [3.8, 4) is 0 Å². The summed E-state index contributed by atoms with van der Waals surface area (Å²) in [6.07, 6.45) is 0.701. The Hall–Kier alpha value is -1.27. The van der Waals surface area contributed by atoms with Crippen LogP contribution in [0.4, 0.5) is 4.39 Å². The van der Waals surface area contributed by atoms with Gasteiger partial charge in [-0.2, -0.15) is 0 Å². The molecule has 0 saturated carbocycles. The minimum absolute atomic E-state index is 0.214. The van der Waals surface area contributed by atoms with E-state index in [1.54, 1.807) is 11.3 Å². The van der Waals surface area contributed by atoms with E-state index < -0.39 is 0 Å². The van der Waals surface area contributed by atoms with E-state index in [2.05, 4.69) is 26.2 Å². The first-order valence-electron chi connectivity index (χ1n) is 5.70. The molecule has 0 spiro atoms. The van der Waals surface area contributed by atoms with Gasteiger partial charge in [0, 0.05) is 29.6 Å². The zero-order chi connectivity index (χ0) is 13.8. The molecule has 0 aliphatic carbocycles. The van der Waals surface area contributed by atoms with E-state index in [-0.39, 0.29) is 16.2 Å². The molecule has 0 radical (unpaired) electrons. The monoisotopic (exact) mass is 342 g/mol. The predicted molar refractivity (Wildman–Crippen MR) is 77.0 cm³/mol. The lowest BCUT2D eigenvalue weighted by Crippen LogP contribution is -2.25. The van der Waals surface area contributed by atoms with E-state index in [0.29, 0.717) is 18.5 Å². The fraction of sp³-hybridized carbons (Fsp3) is 0.231. The zero-order valence-corrected chi connectivity index (χ0v) is 12.6. The molecule has 100 valence electrons. The third-order valence-electron chi connectivity index (χ3n) is 2.47. The first-order chi connectivity index (χ1) is 9.06. The summed E-state index contributed by atoms with van der Waals surface area (Å²) in [5.74, 6) is -0.594. The molecule has 19 heavy (non-hydrogen) atoms. The smallest absolute Gasteiger partial charge is 0.251 e. The second kappa shape index (κ2) is 6.25. The van der Waals surface area contributed by atoms with E-state index in [1.165, 1.54) is 18.2 Å². The van der Waals surface area contributed by atoms with E-state index in [1.807, 2.05) is 12.3 Å². The number of aryl methyl sites for hydroxylation is 1. The van der Waals surface area contributed by atoms with Gasteiger partial charge in [-0.3, -0.25) is 4.79 Å². The summed E-state index contributed by atoms with van der Waals surface area (Å²) in [5.41, 5.74) is 1.43. The van der Waals surface area contributed by atoms with Gasteiger partial charge >= 0.3 is 0 Å². The number of benzene rings is 1. The predicted octanol–water partition coefficient (Wildman–Crippen LogP) is 3.33. The maximum absolute atomic E-state index is 13.1. The van der Waals surface area contributed by atoms with Crippen molar-refractivity contribution in [2.75, 3.05) is 6.54 Å². The number of rotatable bonds is 4. The van der Waals surface area contributed by atoms with Crippen LogP contribution in [0.3, 0.4) is 0 Å². The normalized spacial score (nSPS) is 10.5. The van der Waals surface area contributed by atoms with Gasteiger partial charge in [-0.1, -0.05) is 0 Å². The van der Waals surface area contributed by atoms with Crippen molar-refractivity contribution < 1.29 is 9.18 Å². The maximum atomic E-state index is 13.1. The molecule has 2 rings (SSSR count). The van der Waals surface area contributed by atoms with Gasteiger partial charge < -0.3 is 5.32 Å². The molecule has 0 fully saturated rings. The molecule has 1 amide bonds. The average molecular weight is 343 g/mol. The first kappa shape index (κ1) is 14.1. The lowest BCUT2D eigenvalue weighted by atomic mass is 10.2. The minimum atomic E-state index is -0.380. The Balaban J connectivity index is 1.89. The third kappa shape index (κ3) is 3.84. The van der Waals surface area contributed by atoms with Crippen molar-refractivity contribution in [3.63, 3.8) is 0 Å². The van der Waals surface area contributed by atoms with Crippen LogP contribution in [0.5, 0.6) is 0 Å². The molecule has 1 heterocycles. The van der Waals surface area contributed by atoms with Gasteiger partial charge in [0.25, 0.3) is 5.91 Å². The number of amides is 1. The highest BCUT2D eigenvalue weighted by Crippen LogP contribution is 2.16. The van der Waals surface area contributed by atoms with Crippen LogP contribution < -0.4 is 5.32 Å². The largest absolute Gasteiger partial charge is 0.352 e. The molecule has 1 aromatic heterocycles. The van der Waals surface area contributed by atoms with Crippen molar-refractivity contribution in [3.05, 3.63) is 50.1 Å². The summed E-state index contributed by atoms with van der Waals surface area (Å²) < 4.78 is 13.3. The van der Waals surface area contributed by atoms with Gasteiger partial charge in [-0.05, 0) is 41.1 Å². The van der Waals surface area contributed by atoms with Gasteiger partial charge in [0.05, 0.1) is 9.48 Å². The SMILES string of the molecule is Cc1csc(CCNC(=O)c2ccc(F)c(Br)c2)n1. The third-order valence-corrected chi connectivity index (χ3v) is 4.11. The van der Waals surface area contributed by atoms with Crippen LogP contribution in [0.2, 0.25) is 0 Å². The number of nitrogens with one attached hydrogen (secondary N) is 1. The number of thiazole rings is 1. The van der Waals surface area contributed by atoms with E-state index in [9.17, 15) is 9.18 Å². The summed E-state index contributed by atoms with van der Waals surface area (Å²) in [7, 11) is 0. The Morgan fingerprint density at radius 2 is 2.32 bits per heavy atom. The van der Waals surface area contributed by atoms with Crippen LogP contribution in [-0.2, 0) is 6.42 Å². The fourth-order valence-electron chi connectivity index (χ4n) is 1.54. The highest BCUT2D eigenvalue weighted by Gasteiger charge is 2.08. The summed E-state index contributed by atoms with van der Waals surface area (Å²) >= 11 is 4.64. The molecular formula is C13H12BrFN2OS. The fourth-order valence-corrected chi connectivity index (χ4v) is 2.69. The van der Waals surface area contributed by atoms with Crippen LogP contribution in [0.25, 0.3) is 0 Å². The molecule has 0 saturated heterocycles. The van der Waals surface area contributed by atoms with Gasteiger partial charge in [0.1, 0.15) is 5.82 Å². The van der Waals surface area contributed by atoms with Crippen LogP contribution in [0, 0.1) is 12.7 Å². The summed E-state index contributed by atoms with van der Waals surface area (Å²) in [6, 6.07) is 4.20. The van der Waals surface area contributed by atoms with Crippen molar-refractivity contribution >= 4 is 33.2 Å². The Labute approximate surface area is 123 Å². The summed E-state index contributed by atoms with van der Waals surface area (Å²) in [6.45, 7) is 2.45. The summed E-state index contributed by atoms with van der Waals surface area (Å²) in [4.78, 5) is 16.1. The van der Waals surface area contributed by atoms with Crippen LogP contribution in [0.1, 0.15) is 21.1 Å². The molecule has 0 aliphatic rings. The molecule has 1 aromatic carbocycles. The van der Waals surface area contributed by atoms with Gasteiger partial charge in [-0.15, -0.1) is 11.3 Å². The Morgan fingerprint density at radius 3 is 2.95 bits per heavy atom. The number of carbonyl (C=O) groups is 1. The van der Waals surface area contributed by atoms with E-state index >= 15 is 0 Å². The molecule has 2 aromatic rings. The maximum Gasteiger partial charge on any atom is 0.251 e. The van der Waals surface area contributed by atoms with Gasteiger partial charge in [0.2, 0.25) is 0 Å². The number of carbonyl (C=O) groups excluding carboxylic acids is 1. The average Bonchev–Trinajstić information content (AvgIpc) is 2.78. The van der Waals surface area contributed by atoms with Crippen LogP contribution in [0.15, 0.2) is 28.1 Å². The van der Waals surface area contributed by atoms with Crippen LogP contribution >= 0.6 is 27.3 Å². The topological polar surface area (TPSA) is 42.0 Å². The highest BCUT2D eigenvalue weighted by atomic mass is 79.9. The lowest BCUT2D eigenvalue weighted by molar-refractivity contribution is 0.0954. The molecule has 1 N–H and O–H groups in total. The Morgan fingerprint density at radius 1 is 1.53 bits per heavy atom. The van der Waals surface area contributed by atoms with E-state index in [4.69, 9.17) is 0 Å². The number of nitrogens with zero attached hydrogens (tertiary/aromatic N) is 1. The molecule has 3 nitrogen and oxygen atoms in total. The lowest BCUT2D eigenvalue weighted by Gasteiger charge is -2.04. The second-order valence-electron chi connectivity index (χ2n) is 4.02.